The predicted octanol–water partition coefficient (Wildman–Crippen LogP) is 2.71. The fourth-order valence-electron chi connectivity index (χ4n) is 2.76. The van der Waals surface area contributed by atoms with Gasteiger partial charge in [-0.25, -0.2) is 0 Å². The fourth-order valence-corrected chi connectivity index (χ4v) is 2.76. The van der Waals surface area contributed by atoms with Gasteiger partial charge >= 0.3 is 0 Å². The molecular weight excluding hydrogens is 322 g/mol. The maximum absolute atomic E-state index is 12.7. The number of hydrogen-bond acceptors (Lipinski definition) is 5. The Morgan fingerprint density at radius 2 is 1.68 bits per heavy atom. The lowest BCUT2D eigenvalue weighted by Crippen LogP contribution is -2.24. The summed E-state index contributed by atoms with van der Waals surface area (Å²) in [5, 5.41) is 2.92. The van der Waals surface area contributed by atoms with Crippen molar-refractivity contribution < 1.29 is 23.7 Å². The maximum Gasteiger partial charge on any atom is 0.259 e. The van der Waals surface area contributed by atoms with E-state index in [1.54, 1.807) is 18.2 Å². The number of nitrogens with one attached hydrogen (secondary N) is 1. The zero-order valence-electron chi connectivity index (χ0n) is 14.5. The number of carbonyl (C=O) groups excluding carboxylic acids is 1. The van der Waals surface area contributed by atoms with E-state index in [2.05, 4.69) is 5.32 Å². The standard InChI is InChI=1S/C19H21NO5/c1-12-9-16-17(25-8-7-24-16)10-13(12)11-20-19(21)18-14(22-2)5-4-6-15(18)23-3/h4-6,9-10H,7-8,11H2,1-3H3,(H,20,21). The number of amides is 1. The van der Waals surface area contributed by atoms with Crippen molar-refractivity contribution in [3.63, 3.8) is 0 Å². The van der Waals surface area contributed by atoms with Crippen LogP contribution in [0.1, 0.15) is 21.5 Å². The average molecular weight is 343 g/mol. The Morgan fingerprint density at radius 3 is 2.28 bits per heavy atom. The average Bonchev–Trinajstić information content (AvgIpc) is 2.65. The molecule has 0 saturated heterocycles. The van der Waals surface area contributed by atoms with E-state index in [9.17, 15) is 4.79 Å². The molecule has 0 aromatic heterocycles. The first-order valence-corrected chi connectivity index (χ1v) is 8.02. The molecule has 6 nitrogen and oxygen atoms in total. The molecule has 132 valence electrons. The van der Waals surface area contributed by atoms with Crippen LogP contribution >= 0.6 is 0 Å². The Bertz CT molecular complexity index is 765. The van der Waals surface area contributed by atoms with Gasteiger partial charge in [0, 0.05) is 6.54 Å². The molecule has 3 rings (SSSR count). The third-order valence-corrected chi connectivity index (χ3v) is 4.10. The summed E-state index contributed by atoms with van der Waals surface area (Å²) in [7, 11) is 3.05. The van der Waals surface area contributed by atoms with Crippen LogP contribution in [0.2, 0.25) is 0 Å². The summed E-state index contributed by atoms with van der Waals surface area (Å²) in [6, 6.07) is 9.07. The van der Waals surface area contributed by atoms with Crippen LogP contribution in [-0.4, -0.2) is 33.3 Å². The Labute approximate surface area is 146 Å². The number of carbonyl (C=O) groups is 1. The van der Waals surface area contributed by atoms with Crippen molar-refractivity contribution in [1.29, 1.82) is 0 Å². The Balaban J connectivity index is 1.79. The van der Waals surface area contributed by atoms with Gasteiger partial charge in [0.1, 0.15) is 30.3 Å². The third kappa shape index (κ3) is 3.47. The highest BCUT2D eigenvalue weighted by molar-refractivity contribution is 5.99. The van der Waals surface area contributed by atoms with Gasteiger partial charge in [-0.1, -0.05) is 6.07 Å². The third-order valence-electron chi connectivity index (χ3n) is 4.10. The van der Waals surface area contributed by atoms with Gasteiger partial charge in [-0.15, -0.1) is 0 Å². The van der Waals surface area contributed by atoms with Crippen molar-refractivity contribution in [1.82, 2.24) is 5.32 Å². The molecule has 1 N–H and O–H groups in total. The van der Waals surface area contributed by atoms with Crippen molar-refractivity contribution >= 4 is 5.91 Å². The van der Waals surface area contributed by atoms with Gasteiger partial charge in [-0.3, -0.25) is 4.79 Å². The summed E-state index contributed by atoms with van der Waals surface area (Å²) in [6.07, 6.45) is 0. The molecule has 0 spiro atoms. The quantitative estimate of drug-likeness (QED) is 0.904. The summed E-state index contributed by atoms with van der Waals surface area (Å²) >= 11 is 0. The van der Waals surface area contributed by atoms with Gasteiger partial charge in [-0.2, -0.15) is 0 Å². The number of ether oxygens (including phenoxy) is 4. The van der Waals surface area contributed by atoms with E-state index in [-0.39, 0.29) is 5.91 Å². The number of fused-ring (bicyclic) bond motifs is 1. The molecule has 2 aromatic rings. The highest BCUT2D eigenvalue weighted by Gasteiger charge is 2.19. The van der Waals surface area contributed by atoms with Gasteiger partial charge in [-0.05, 0) is 42.3 Å². The number of methoxy groups -OCH3 is 2. The zero-order valence-corrected chi connectivity index (χ0v) is 14.5. The van der Waals surface area contributed by atoms with Crippen molar-refractivity contribution in [2.75, 3.05) is 27.4 Å². The van der Waals surface area contributed by atoms with Crippen LogP contribution in [0.5, 0.6) is 23.0 Å². The van der Waals surface area contributed by atoms with Gasteiger partial charge in [0.2, 0.25) is 0 Å². The monoisotopic (exact) mass is 343 g/mol. The number of benzene rings is 2. The summed E-state index contributed by atoms with van der Waals surface area (Å²) in [6.45, 7) is 3.42. The minimum atomic E-state index is -0.261. The number of hydrogen-bond donors (Lipinski definition) is 1. The van der Waals surface area contributed by atoms with Gasteiger partial charge in [0.15, 0.2) is 11.5 Å². The van der Waals surface area contributed by atoms with E-state index in [4.69, 9.17) is 18.9 Å². The second-order valence-electron chi connectivity index (χ2n) is 5.64. The molecule has 25 heavy (non-hydrogen) atoms. The van der Waals surface area contributed by atoms with E-state index in [0.29, 0.717) is 42.6 Å². The smallest absolute Gasteiger partial charge is 0.259 e. The highest BCUT2D eigenvalue weighted by Crippen LogP contribution is 2.33. The van der Waals surface area contributed by atoms with Gasteiger partial charge in [0.25, 0.3) is 5.91 Å². The summed E-state index contributed by atoms with van der Waals surface area (Å²) in [4.78, 5) is 12.7. The van der Waals surface area contributed by atoms with Crippen molar-refractivity contribution in [3.05, 3.63) is 47.0 Å². The van der Waals surface area contributed by atoms with E-state index < -0.39 is 0 Å². The Morgan fingerprint density at radius 1 is 1.08 bits per heavy atom. The lowest BCUT2D eigenvalue weighted by molar-refractivity contribution is 0.0944. The first-order chi connectivity index (χ1) is 12.1. The second kappa shape index (κ2) is 7.34. The molecule has 1 aliphatic heterocycles. The van der Waals surface area contributed by atoms with E-state index >= 15 is 0 Å². The Hall–Kier alpha value is -2.89. The molecule has 6 heteroatoms. The lowest BCUT2D eigenvalue weighted by Gasteiger charge is -2.20. The van der Waals surface area contributed by atoms with Crippen LogP contribution in [0.4, 0.5) is 0 Å². The SMILES string of the molecule is COc1cccc(OC)c1C(=O)NCc1cc2c(cc1C)OCCO2. The van der Waals surface area contributed by atoms with Crippen LogP contribution in [0.25, 0.3) is 0 Å². The van der Waals surface area contributed by atoms with Crippen molar-refractivity contribution in [3.8, 4) is 23.0 Å². The maximum atomic E-state index is 12.7. The fraction of sp³-hybridized carbons (Fsp3) is 0.316. The molecule has 0 aliphatic carbocycles. The summed E-state index contributed by atoms with van der Waals surface area (Å²) in [5.41, 5.74) is 2.37. The largest absolute Gasteiger partial charge is 0.496 e. The zero-order chi connectivity index (χ0) is 17.8. The van der Waals surface area contributed by atoms with Crippen LogP contribution in [0, 0.1) is 6.92 Å². The van der Waals surface area contributed by atoms with Crippen molar-refractivity contribution in [2.45, 2.75) is 13.5 Å². The Kier molecular flexibility index (Phi) is 4.97. The molecule has 0 radical (unpaired) electrons. The van der Waals surface area contributed by atoms with E-state index in [0.717, 1.165) is 16.9 Å². The molecule has 0 unspecified atom stereocenters. The highest BCUT2D eigenvalue weighted by atomic mass is 16.6. The summed E-state index contributed by atoms with van der Waals surface area (Å²) < 4.78 is 21.7. The molecule has 1 aliphatic rings. The topological polar surface area (TPSA) is 66.0 Å². The van der Waals surface area contributed by atoms with Gasteiger partial charge < -0.3 is 24.3 Å². The molecule has 1 amide bonds. The normalized spacial score (nSPS) is 12.4. The predicted molar refractivity (Wildman–Crippen MR) is 92.9 cm³/mol. The number of aryl methyl sites for hydroxylation is 1. The first kappa shape index (κ1) is 17.0. The van der Waals surface area contributed by atoms with Crippen LogP contribution in [0.3, 0.4) is 0 Å². The minimum absolute atomic E-state index is 0.261. The minimum Gasteiger partial charge on any atom is -0.496 e. The van der Waals surface area contributed by atoms with Crippen LogP contribution in [-0.2, 0) is 6.54 Å². The molecule has 1 heterocycles. The molecule has 0 fully saturated rings. The van der Waals surface area contributed by atoms with Gasteiger partial charge in [0.05, 0.1) is 14.2 Å². The second-order valence-corrected chi connectivity index (χ2v) is 5.64. The summed E-state index contributed by atoms with van der Waals surface area (Å²) in [5.74, 6) is 2.12. The molecular formula is C19H21NO5. The van der Waals surface area contributed by atoms with E-state index in [1.807, 2.05) is 19.1 Å². The lowest BCUT2D eigenvalue weighted by atomic mass is 10.1. The van der Waals surface area contributed by atoms with Crippen LogP contribution in [0.15, 0.2) is 30.3 Å². The van der Waals surface area contributed by atoms with Crippen LogP contribution < -0.4 is 24.3 Å². The van der Waals surface area contributed by atoms with Crippen molar-refractivity contribution in [2.24, 2.45) is 0 Å². The molecule has 0 saturated carbocycles. The molecule has 0 bridgehead atoms. The molecule has 2 aromatic carbocycles. The number of rotatable bonds is 5. The van der Waals surface area contributed by atoms with E-state index in [1.165, 1.54) is 14.2 Å². The first-order valence-electron chi connectivity index (χ1n) is 8.02. The molecule has 0 atom stereocenters.